The Morgan fingerprint density at radius 2 is 1.93 bits per heavy atom. The average Bonchev–Trinajstić information content (AvgIpc) is 3.42. The van der Waals surface area contributed by atoms with Gasteiger partial charge in [0.25, 0.3) is 5.91 Å². The highest BCUT2D eigenvalue weighted by molar-refractivity contribution is 7.09. The minimum atomic E-state index is -0.113. The highest BCUT2D eigenvalue weighted by atomic mass is 32.1. The average molecular weight is 388 g/mol. The number of thiophene rings is 1. The lowest BCUT2D eigenvalue weighted by atomic mass is 9.96. The van der Waals surface area contributed by atoms with Crippen molar-refractivity contribution in [2.45, 2.75) is 19.4 Å². The molecule has 144 valence electrons. The Kier molecular flexibility index (Phi) is 5.59. The van der Waals surface area contributed by atoms with Gasteiger partial charge in [0.2, 0.25) is 5.91 Å². The van der Waals surface area contributed by atoms with Gasteiger partial charge in [0.05, 0.1) is 12.2 Å². The van der Waals surface area contributed by atoms with Gasteiger partial charge in [-0.25, -0.2) is 0 Å². The third-order valence-corrected chi connectivity index (χ3v) is 6.29. The molecule has 2 aromatic heterocycles. The molecule has 0 unspecified atom stereocenters. The summed E-state index contributed by atoms with van der Waals surface area (Å²) in [7, 11) is 0. The summed E-state index contributed by atoms with van der Waals surface area (Å²) in [6.45, 7) is 5.51. The molecular weight excluding hydrogens is 362 g/mol. The first-order chi connectivity index (χ1) is 13.2. The van der Waals surface area contributed by atoms with Gasteiger partial charge in [0, 0.05) is 50.7 Å². The maximum Gasteiger partial charge on any atom is 0.289 e. The third-order valence-electron chi connectivity index (χ3n) is 5.43. The lowest BCUT2D eigenvalue weighted by molar-refractivity contribution is -0.138. The van der Waals surface area contributed by atoms with Gasteiger partial charge in [0.15, 0.2) is 5.76 Å². The molecule has 1 atom stereocenters. The van der Waals surface area contributed by atoms with Crippen LogP contribution in [-0.4, -0.2) is 65.8 Å². The van der Waals surface area contributed by atoms with Crippen LogP contribution in [0.25, 0.3) is 0 Å². The van der Waals surface area contributed by atoms with Crippen molar-refractivity contribution >= 4 is 23.2 Å². The zero-order valence-corrected chi connectivity index (χ0v) is 16.2. The van der Waals surface area contributed by atoms with Gasteiger partial charge >= 0.3 is 0 Å². The van der Waals surface area contributed by atoms with E-state index in [1.807, 2.05) is 4.90 Å². The Bertz CT molecular complexity index is 752. The number of nitrogens with zero attached hydrogens (tertiary/aromatic N) is 3. The molecule has 0 saturated carbocycles. The van der Waals surface area contributed by atoms with Crippen LogP contribution in [0.5, 0.6) is 0 Å². The number of piperazine rings is 1. The predicted octanol–water partition coefficient (Wildman–Crippen LogP) is 2.54. The number of carbonyl (C=O) groups excluding carboxylic acids is 2. The number of likely N-dealkylation sites (tertiary alicyclic amines) is 1. The summed E-state index contributed by atoms with van der Waals surface area (Å²) in [6, 6.07) is 7.64. The van der Waals surface area contributed by atoms with Gasteiger partial charge in [-0.15, -0.1) is 11.3 Å². The van der Waals surface area contributed by atoms with E-state index >= 15 is 0 Å². The van der Waals surface area contributed by atoms with Crippen molar-refractivity contribution in [1.82, 2.24) is 14.7 Å². The van der Waals surface area contributed by atoms with E-state index in [0.29, 0.717) is 18.8 Å². The molecule has 2 amide bonds. The second-order valence-electron chi connectivity index (χ2n) is 7.25. The number of amides is 2. The molecule has 0 spiro atoms. The van der Waals surface area contributed by atoms with E-state index in [2.05, 4.69) is 22.4 Å². The Morgan fingerprint density at radius 1 is 1.07 bits per heavy atom. The molecule has 2 saturated heterocycles. The van der Waals surface area contributed by atoms with Crippen LogP contribution < -0.4 is 0 Å². The normalized spacial score (nSPS) is 21.4. The molecule has 4 rings (SSSR count). The second-order valence-corrected chi connectivity index (χ2v) is 8.28. The van der Waals surface area contributed by atoms with Crippen LogP contribution in [0.4, 0.5) is 0 Å². The summed E-state index contributed by atoms with van der Waals surface area (Å²) in [5, 5.41) is 2.11. The molecular formula is C20H25N3O3S. The highest BCUT2D eigenvalue weighted by Gasteiger charge is 2.33. The van der Waals surface area contributed by atoms with Crippen molar-refractivity contribution in [3.05, 3.63) is 46.5 Å². The molecule has 27 heavy (non-hydrogen) atoms. The number of hydrogen-bond acceptors (Lipinski definition) is 5. The van der Waals surface area contributed by atoms with Crippen LogP contribution in [0.2, 0.25) is 0 Å². The van der Waals surface area contributed by atoms with Crippen LogP contribution in [0.3, 0.4) is 0 Å². The van der Waals surface area contributed by atoms with E-state index in [1.165, 1.54) is 11.1 Å². The molecule has 2 aliphatic rings. The number of furan rings is 1. The summed E-state index contributed by atoms with van der Waals surface area (Å²) in [5.41, 5.74) is 0. The molecule has 4 heterocycles. The van der Waals surface area contributed by atoms with E-state index < -0.39 is 0 Å². The Morgan fingerprint density at radius 3 is 2.63 bits per heavy atom. The van der Waals surface area contributed by atoms with E-state index in [-0.39, 0.29) is 17.7 Å². The van der Waals surface area contributed by atoms with E-state index in [0.717, 1.165) is 45.6 Å². The SMILES string of the molecule is O=C(c1ccco1)N1CCC[C@@H](C(=O)N2CCN(Cc3cccs3)CC2)C1. The summed E-state index contributed by atoms with van der Waals surface area (Å²) in [6.07, 6.45) is 3.23. The summed E-state index contributed by atoms with van der Waals surface area (Å²) >= 11 is 1.78. The quantitative estimate of drug-likeness (QED) is 0.809. The topological polar surface area (TPSA) is 57.0 Å². The molecule has 0 N–H and O–H groups in total. The smallest absolute Gasteiger partial charge is 0.289 e. The zero-order chi connectivity index (χ0) is 18.6. The fourth-order valence-corrected chi connectivity index (χ4v) is 4.67. The Balaban J connectivity index is 1.29. The third kappa shape index (κ3) is 4.25. The maximum atomic E-state index is 13.0. The number of carbonyl (C=O) groups is 2. The van der Waals surface area contributed by atoms with Crippen LogP contribution in [-0.2, 0) is 11.3 Å². The van der Waals surface area contributed by atoms with Crippen molar-refractivity contribution in [2.24, 2.45) is 5.92 Å². The lowest BCUT2D eigenvalue weighted by Crippen LogP contribution is -2.52. The van der Waals surface area contributed by atoms with Crippen LogP contribution in [0.1, 0.15) is 28.3 Å². The Hall–Kier alpha value is -2.12. The predicted molar refractivity (Wildman–Crippen MR) is 104 cm³/mol. The molecule has 0 radical (unpaired) electrons. The maximum absolute atomic E-state index is 13.0. The summed E-state index contributed by atoms with van der Waals surface area (Å²) in [5.74, 6) is 0.341. The largest absolute Gasteiger partial charge is 0.459 e. The van der Waals surface area contributed by atoms with Crippen molar-refractivity contribution in [2.75, 3.05) is 39.3 Å². The number of rotatable bonds is 4. The fourth-order valence-electron chi connectivity index (χ4n) is 3.93. The summed E-state index contributed by atoms with van der Waals surface area (Å²) < 4.78 is 5.22. The summed E-state index contributed by atoms with van der Waals surface area (Å²) in [4.78, 5) is 33.0. The van der Waals surface area contributed by atoms with Gasteiger partial charge in [-0.05, 0) is 36.4 Å². The molecule has 2 aromatic rings. The fraction of sp³-hybridized carbons (Fsp3) is 0.500. The minimum Gasteiger partial charge on any atom is -0.459 e. The van der Waals surface area contributed by atoms with Crippen molar-refractivity contribution in [3.63, 3.8) is 0 Å². The van der Waals surface area contributed by atoms with Gasteiger partial charge in [-0.1, -0.05) is 6.07 Å². The second kappa shape index (κ2) is 8.27. The van der Waals surface area contributed by atoms with Crippen molar-refractivity contribution < 1.29 is 14.0 Å². The van der Waals surface area contributed by atoms with Crippen LogP contribution in [0, 0.1) is 5.92 Å². The lowest BCUT2D eigenvalue weighted by Gasteiger charge is -2.38. The van der Waals surface area contributed by atoms with Crippen molar-refractivity contribution in [1.29, 1.82) is 0 Å². The van der Waals surface area contributed by atoms with Crippen molar-refractivity contribution in [3.8, 4) is 0 Å². The Labute approximate surface area is 163 Å². The highest BCUT2D eigenvalue weighted by Crippen LogP contribution is 2.22. The van der Waals surface area contributed by atoms with Crippen LogP contribution in [0.15, 0.2) is 40.3 Å². The van der Waals surface area contributed by atoms with Gasteiger partial charge in [0.1, 0.15) is 0 Å². The van der Waals surface area contributed by atoms with Gasteiger partial charge < -0.3 is 14.2 Å². The molecule has 6 nitrogen and oxygen atoms in total. The molecule has 0 bridgehead atoms. The standard InChI is InChI=1S/C20H25N3O3S/c24-19(22-10-8-21(9-11-22)15-17-5-3-13-27-17)16-4-1-7-23(14-16)20(25)18-6-2-12-26-18/h2-3,5-6,12-13,16H,1,4,7-11,14-15H2/t16-/m1/s1. The molecule has 2 fully saturated rings. The molecule has 2 aliphatic heterocycles. The molecule has 7 heteroatoms. The monoisotopic (exact) mass is 387 g/mol. The van der Waals surface area contributed by atoms with Gasteiger partial charge in [-0.3, -0.25) is 14.5 Å². The van der Waals surface area contributed by atoms with Crippen LogP contribution >= 0.6 is 11.3 Å². The van der Waals surface area contributed by atoms with E-state index in [1.54, 1.807) is 28.4 Å². The number of piperidine rings is 1. The number of hydrogen-bond donors (Lipinski definition) is 0. The minimum absolute atomic E-state index is 0.0958. The van der Waals surface area contributed by atoms with Gasteiger partial charge in [-0.2, -0.15) is 0 Å². The zero-order valence-electron chi connectivity index (χ0n) is 15.4. The first-order valence-electron chi connectivity index (χ1n) is 9.57. The molecule has 0 aromatic carbocycles. The van der Waals surface area contributed by atoms with E-state index in [9.17, 15) is 9.59 Å². The molecule has 0 aliphatic carbocycles. The van der Waals surface area contributed by atoms with E-state index in [4.69, 9.17) is 4.42 Å². The first kappa shape index (κ1) is 18.3. The first-order valence-corrected chi connectivity index (χ1v) is 10.4.